The molecule has 2 aromatic carbocycles. The molecule has 0 heterocycles. The van der Waals surface area contributed by atoms with E-state index in [0.717, 1.165) is 51.4 Å². The number of unbranched alkanes of at least 4 members (excludes halogenated alkanes) is 10. The molecule has 0 aromatic heterocycles. The topological polar surface area (TPSA) is 163 Å². The van der Waals surface area contributed by atoms with Crippen LogP contribution in [0.25, 0.3) is 0 Å². The SMILES string of the molecule is CCCCCCCCOc1ccc(C(CC(=O)CC(c2ccc(OCCCCCCCC)c(OC)c2)S(=O)(=O)O)S(=O)(=O)O)cc1OC. The first-order valence-electron chi connectivity index (χ1n) is 16.9. The van der Waals surface area contributed by atoms with Crippen LogP contribution in [-0.2, 0) is 25.0 Å². The van der Waals surface area contributed by atoms with Gasteiger partial charge in [-0.3, -0.25) is 13.9 Å². The Kier molecular flexibility index (Phi) is 18.3. The van der Waals surface area contributed by atoms with Crippen molar-refractivity contribution < 1.29 is 49.7 Å². The van der Waals surface area contributed by atoms with Gasteiger partial charge in [-0.05, 0) is 48.2 Å². The summed E-state index contributed by atoms with van der Waals surface area (Å²) in [6, 6.07) is 8.60. The third-order valence-corrected chi connectivity index (χ3v) is 10.5. The van der Waals surface area contributed by atoms with Crippen LogP contribution < -0.4 is 18.9 Å². The van der Waals surface area contributed by atoms with E-state index in [9.17, 15) is 30.7 Å². The lowest BCUT2D eigenvalue weighted by Crippen LogP contribution is -2.21. The fourth-order valence-corrected chi connectivity index (χ4v) is 7.20. The predicted octanol–water partition coefficient (Wildman–Crippen LogP) is 8.09. The van der Waals surface area contributed by atoms with E-state index in [-0.39, 0.29) is 22.6 Å². The Morgan fingerprint density at radius 3 is 1.27 bits per heavy atom. The van der Waals surface area contributed by atoms with Crippen molar-refractivity contribution in [3.05, 3.63) is 47.5 Å². The summed E-state index contributed by atoms with van der Waals surface area (Å²) in [5.41, 5.74) is 0.123. The van der Waals surface area contributed by atoms with Crippen LogP contribution in [0.4, 0.5) is 0 Å². The molecule has 0 aliphatic heterocycles. The molecule has 2 atom stereocenters. The van der Waals surface area contributed by atoms with E-state index in [1.165, 1.54) is 76.3 Å². The van der Waals surface area contributed by atoms with Crippen LogP contribution in [0.5, 0.6) is 23.0 Å². The Morgan fingerprint density at radius 1 is 0.583 bits per heavy atom. The highest BCUT2D eigenvalue weighted by Gasteiger charge is 2.34. The van der Waals surface area contributed by atoms with Crippen LogP contribution in [0, 0.1) is 0 Å². The zero-order chi connectivity index (χ0) is 35.6. The van der Waals surface area contributed by atoms with Gasteiger partial charge in [0, 0.05) is 12.8 Å². The van der Waals surface area contributed by atoms with Crippen molar-refractivity contribution in [2.24, 2.45) is 0 Å². The fraction of sp³-hybridized carbons (Fsp3) is 0.629. The molecule has 0 bridgehead atoms. The van der Waals surface area contributed by atoms with Crippen LogP contribution >= 0.6 is 0 Å². The summed E-state index contributed by atoms with van der Waals surface area (Å²) in [6.45, 7) is 5.19. The second kappa shape index (κ2) is 21.3. The van der Waals surface area contributed by atoms with Gasteiger partial charge in [-0.1, -0.05) is 90.2 Å². The number of carbonyl (C=O) groups excluding carboxylic acids is 1. The molecule has 48 heavy (non-hydrogen) atoms. The van der Waals surface area contributed by atoms with E-state index in [0.29, 0.717) is 24.7 Å². The van der Waals surface area contributed by atoms with E-state index in [4.69, 9.17) is 18.9 Å². The van der Waals surface area contributed by atoms with Gasteiger partial charge in [0.05, 0.1) is 27.4 Å². The minimum atomic E-state index is -4.82. The lowest BCUT2D eigenvalue weighted by Gasteiger charge is -2.19. The third-order valence-electron chi connectivity index (χ3n) is 8.18. The minimum absolute atomic E-state index is 0.0616. The van der Waals surface area contributed by atoms with E-state index in [1.807, 2.05) is 0 Å². The molecule has 0 aliphatic carbocycles. The Morgan fingerprint density at radius 2 is 0.938 bits per heavy atom. The molecular weight excluding hydrogens is 661 g/mol. The van der Waals surface area contributed by atoms with Crippen molar-refractivity contribution >= 4 is 26.0 Å². The van der Waals surface area contributed by atoms with Crippen LogP contribution in [-0.4, -0.2) is 59.2 Å². The molecule has 0 fully saturated rings. The lowest BCUT2D eigenvalue weighted by atomic mass is 10.0. The van der Waals surface area contributed by atoms with Gasteiger partial charge < -0.3 is 18.9 Å². The first kappa shape index (κ1) is 41.3. The van der Waals surface area contributed by atoms with Crippen molar-refractivity contribution in [2.75, 3.05) is 27.4 Å². The number of ether oxygens (including phenoxy) is 4. The highest BCUT2D eigenvalue weighted by Crippen LogP contribution is 2.37. The molecule has 13 heteroatoms. The zero-order valence-electron chi connectivity index (χ0n) is 28.8. The quantitative estimate of drug-likeness (QED) is 0.0715. The Bertz CT molecular complexity index is 1360. The summed E-state index contributed by atoms with van der Waals surface area (Å²) in [5, 5.41) is -3.42. The fourth-order valence-electron chi connectivity index (χ4n) is 5.42. The van der Waals surface area contributed by atoms with Gasteiger partial charge in [-0.25, -0.2) is 0 Å². The molecule has 0 saturated heterocycles. The monoisotopic (exact) mass is 714 g/mol. The summed E-state index contributed by atoms with van der Waals surface area (Å²) in [7, 11) is -6.86. The number of hydrogen-bond acceptors (Lipinski definition) is 9. The summed E-state index contributed by atoms with van der Waals surface area (Å²) >= 11 is 0. The van der Waals surface area contributed by atoms with E-state index in [2.05, 4.69) is 13.8 Å². The maximum atomic E-state index is 13.2. The molecule has 2 unspecified atom stereocenters. The standard InChI is InChI=1S/C35H54O11S2/c1-5-7-9-11-13-15-21-45-30-19-17-27(23-32(30)43-3)34(47(37,38)39)25-29(36)26-35(48(40,41)42)28-18-20-31(33(24-28)44-4)46-22-16-14-12-10-8-6-2/h17-20,23-24,34-35H,5-16,21-22,25-26H2,1-4H3,(H,37,38,39)(H,40,41,42). The van der Waals surface area contributed by atoms with Crippen molar-refractivity contribution in [1.82, 2.24) is 0 Å². The van der Waals surface area contributed by atoms with Crippen LogP contribution in [0.3, 0.4) is 0 Å². The predicted molar refractivity (Wildman–Crippen MR) is 187 cm³/mol. The smallest absolute Gasteiger partial charge is 0.272 e. The number of Topliss-reactive ketones (excluding diaryl/α,β-unsaturated/α-hetero) is 1. The maximum absolute atomic E-state index is 13.2. The molecule has 0 spiro atoms. The van der Waals surface area contributed by atoms with E-state index >= 15 is 0 Å². The molecule has 0 radical (unpaired) electrons. The molecule has 0 saturated carbocycles. The van der Waals surface area contributed by atoms with Crippen LogP contribution in [0.2, 0.25) is 0 Å². The van der Waals surface area contributed by atoms with Crippen molar-refractivity contribution in [3.8, 4) is 23.0 Å². The highest BCUT2D eigenvalue weighted by molar-refractivity contribution is 7.86. The summed E-state index contributed by atoms with van der Waals surface area (Å²) in [4.78, 5) is 13.2. The van der Waals surface area contributed by atoms with Gasteiger partial charge in [0.25, 0.3) is 20.2 Å². The largest absolute Gasteiger partial charge is 0.493 e. The molecule has 0 aliphatic rings. The second-order valence-corrected chi connectivity index (χ2v) is 15.2. The van der Waals surface area contributed by atoms with Crippen LogP contribution in [0.15, 0.2) is 36.4 Å². The Labute approximate surface area is 287 Å². The lowest BCUT2D eigenvalue weighted by molar-refractivity contribution is -0.119. The summed E-state index contributed by atoms with van der Waals surface area (Å²) < 4.78 is 92.4. The molecule has 0 amide bonds. The van der Waals surface area contributed by atoms with Gasteiger partial charge >= 0.3 is 0 Å². The van der Waals surface area contributed by atoms with E-state index < -0.39 is 49.4 Å². The van der Waals surface area contributed by atoms with Gasteiger partial charge in [0.15, 0.2) is 23.0 Å². The van der Waals surface area contributed by atoms with Gasteiger partial charge in [-0.15, -0.1) is 0 Å². The molecule has 2 rings (SSSR count). The van der Waals surface area contributed by atoms with Gasteiger partial charge in [0.2, 0.25) is 0 Å². The number of rotatable bonds is 26. The zero-order valence-corrected chi connectivity index (χ0v) is 30.5. The van der Waals surface area contributed by atoms with Crippen LogP contribution in [0.1, 0.15) is 125 Å². The number of benzene rings is 2. The maximum Gasteiger partial charge on any atom is 0.272 e. The Hall–Kier alpha value is -2.87. The molecule has 2 N–H and O–H groups in total. The molecule has 272 valence electrons. The number of methoxy groups -OCH3 is 2. The number of ketones is 1. The second-order valence-electron chi connectivity index (χ2n) is 12.0. The van der Waals surface area contributed by atoms with Gasteiger partial charge in [0.1, 0.15) is 16.3 Å². The highest BCUT2D eigenvalue weighted by atomic mass is 32.2. The first-order valence-corrected chi connectivity index (χ1v) is 19.9. The van der Waals surface area contributed by atoms with Crippen molar-refractivity contribution in [3.63, 3.8) is 0 Å². The average Bonchev–Trinajstić information content (AvgIpc) is 3.04. The minimum Gasteiger partial charge on any atom is -0.493 e. The summed E-state index contributed by atoms with van der Waals surface area (Å²) in [5.74, 6) is 0.401. The Balaban J connectivity index is 2.16. The molecule has 2 aromatic rings. The third kappa shape index (κ3) is 14.3. The normalized spacial score (nSPS) is 13.1. The number of hydrogen-bond donors (Lipinski definition) is 2. The van der Waals surface area contributed by atoms with Gasteiger partial charge in [-0.2, -0.15) is 16.8 Å². The van der Waals surface area contributed by atoms with Crippen molar-refractivity contribution in [2.45, 2.75) is 114 Å². The van der Waals surface area contributed by atoms with E-state index in [1.54, 1.807) is 0 Å². The molecular formula is C35H54O11S2. The average molecular weight is 715 g/mol. The van der Waals surface area contributed by atoms with Crippen molar-refractivity contribution in [1.29, 1.82) is 0 Å². The number of carbonyl (C=O) groups is 1. The summed E-state index contributed by atoms with van der Waals surface area (Å²) in [6.07, 6.45) is 11.5. The first-order chi connectivity index (χ1) is 22.8. The molecule has 11 nitrogen and oxygen atoms in total.